The van der Waals surface area contributed by atoms with Gasteiger partial charge in [-0.15, -0.1) is 0 Å². The van der Waals surface area contributed by atoms with Gasteiger partial charge in [-0.2, -0.15) is 0 Å². The number of likely N-dealkylation sites (tertiary alicyclic amines) is 1. The van der Waals surface area contributed by atoms with Gasteiger partial charge in [0, 0.05) is 31.1 Å². The summed E-state index contributed by atoms with van der Waals surface area (Å²) in [5.74, 6) is 1.13. The number of carbonyl (C=O) groups is 1. The topological polar surface area (TPSA) is 55.6 Å². The summed E-state index contributed by atoms with van der Waals surface area (Å²) < 4.78 is 5.46. The van der Waals surface area contributed by atoms with E-state index in [1.54, 1.807) is 0 Å². The van der Waals surface area contributed by atoms with Crippen molar-refractivity contribution in [3.8, 4) is 5.75 Å². The van der Waals surface area contributed by atoms with Crippen LogP contribution in [0.4, 0.5) is 0 Å². The van der Waals surface area contributed by atoms with Crippen molar-refractivity contribution in [2.45, 2.75) is 25.3 Å². The lowest BCUT2D eigenvalue weighted by molar-refractivity contribution is 0.0910. The Morgan fingerprint density at radius 3 is 2.95 bits per heavy atom. The van der Waals surface area contributed by atoms with E-state index in [4.69, 9.17) is 10.5 Å². The maximum absolute atomic E-state index is 12.3. The Hall–Kier alpha value is -1.39. The maximum Gasteiger partial charge on any atom is 0.176 e. The molecule has 19 heavy (non-hydrogen) atoms. The van der Waals surface area contributed by atoms with Crippen molar-refractivity contribution in [1.29, 1.82) is 0 Å². The number of carbonyl (C=O) groups excluding carboxylic acids is 1. The highest BCUT2D eigenvalue weighted by molar-refractivity contribution is 5.98. The Bertz CT molecular complexity index is 479. The van der Waals surface area contributed by atoms with Gasteiger partial charge in [-0.05, 0) is 36.6 Å². The molecule has 4 heteroatoms. The van der Waals surface area contributed by atoms with Crippen LogP contribution in [0.2, 0.25) is 0 Å². The minimum Gasteiger partial charge on any atom is -0.493 e. The molecule has 2 heterocycles. The zero-order valence-corrected chi connectivity index (χ0v) is 11.1. The summed E-state index contributed by atoms with van der Waals surface area (Å²) in [5.41, 5.74) is 7.84. The third-order valence-electron chi connectivity index (χ3n) is 4.01. The number of hydrogen-bond acceptors (Lipinski definition) is 4. The van der Waals surface area contributed by atoms with Gasteiger partial charge in [0.2, 0.25) is 0 Å². The molecule has 102 valence electrons. The molecule has 0 aliphatic carbocycles. The Balaban J connectivity index is 1.64. The number of Topliss-reactive ketones (excluding diaryl/α,β-unsaturated/α-hetero) is 1. The van der Waals surface area contributed by atoms with E-state index < -0.39 is 0 Å². The number of nitrogens with two attached hydrogens (primary N) is 1. The summed E-state index contributed by atoms with van der Waals surface area (Å²) in [6.45, 7) is 3.10. The molecule has 0 bridgehead atoms. The molecule has 2 aliphatic heterocycles. The molecule has 2 N–H and O–H groups in total. The lowest BCUT2D eigenvalue weighted by atomic mass is 10.0. The molecule has 1 aromatic rings. The summed E-state index contributed by atoms with van der Waals surface area (Å²) >= 11 is 0. The van der Waals surface area contributed by atoms with Crippen LogP contribution in [0.3, 0.4) is 0 Å². The Kier molecular flexibility index (Phi) is 3.53. The fraction of sp³-hybridized carbons (Fsp3) is 0.533. The third-order valence-corrected chi connectivity index (χ3v) is 4.01. The first-order chi connectivity index (χ1) is 9.22. The van der Waals surface area contributed by atoms with Crippen LogP contribution in [0, 0.1) is 0 Å². The van der Waals surface area contributed by atoms with Gasteiger partial charge in [-0.25, -0.2) is 0 Å². The first-order valence-corrected chi connectivity index (χ1v) is 6.99. The minimum absolute atomic E-state index is 0.199. The number of hydrogen-bond donors (Lipinski definition) is 1. The van der Waals surface area contributed by atoms with Gasteiger partial charge in [0.05, 0.1) is 13.2 Å². The first-order valence-electron chi connectivity index (χ1n) is 6.99. The zero-order valence-electron chi connectivity index (χ0n) is 11.1. The molecule has 0 spiro atoms. The van der Waals surface area contributed by atoms with Gasteiger partial charge >= 0.3 is 0 Å². The summed E-state index contributed by atoms with van der Waals surface area (Å²) in [5, 5.41) is 0. The van der Waals surface area contributed by atoms with Crippen LogP contribution in [-0.2, 0) is 6.42 Å². The SMILES string of the molecule is NC1CCN(CC(=O)c2ccc3c(c2)CCO3)CC1. The van der Waals surface area contributed by atoms with E-state index in [1.165, 1.54) is 0 Å². The molecule has 0 unspecified atom stereocenters. The summed E-state index contributed by atoms with van der Waals surface area (Å²) in [6.07, 6.45) is 2.89. The van der Waals surface area contributed by atoms with E-state index in [0.29, 0.717) is 12.6 Å². The molecular weight excluding hydrogens is 240 g/mol. The standard InChI is InChI=1S/C15H20N2O2/c16-13-3-6-17(7-4-13)10-14(18)11-1-2-15-12(9-11)5-8-19-15/h1-2,9,13H,3-8,10,16H2. The van der Waals surface area contributed by atoms with Crippen LogP contribution in [0.1, 0.15) is 28.8 Å². The predicted octanol–water partition coefficient (Wildman–Crippen LogP) is 1.23. The first kappa shape index (κ1) is 12.6. The average molecular weight is 260 g/mol. The minimum atomic E-state index is 0.199. The van der Waals surface area contributed by atoms with Crippen LogP contribution in [0.5, 0.6) is 5.75 Å². The van der Waals surface area contributed by atoms with Crippen LogP contribution in [0.25, 0.3) is 0 Å². The van der Waals surface area contributed by atoms with Crippen molar-refractivity contribution in [1.82, 2.24) is 4.90 Å². The summed E-state index contributed by atoms with van der Waals surface area (Å²) in [6, 6.07) is 6.09. The monoisotopic (exact) mass is 260 g/mol. The normalized spacial score (nSPS) is 20.1. The molecule has 1 fully saturated rings. The van der Waals surface area contributed by atoms with Gasteiger partial charge < -0.3 is 10.5 Å². The molecule has 0 atom stereocenters. The van der Waals surface area contributed by atoms with E-state index in [-0.39, 0.29) is 5.78 Å². The highest BCUT2D eigenvalue weighted by Crippen LogP contribution is 2.26. The molecule has 2 aliphatic rings. The van der Waals surface area contributed by atoms with Gasteiger partial charge in [0.25, 0.3) is 0 Å². The van der Waals surface area contributed by atoms with Crippen molar-refractivity contribution in [2.75, 3.05) is 26.2 Å². The van der Waals surface area contributed by atoms with Crippen molar-refractivity contribution in [3.63, 3.8) is 0 Å². The molecule has 1 aromatic carbocycles. The van der Waals surface area contributed by atoms with Crippen LogP contribution >= 0.6 is 0 Å². The van der Waals surface area contributed by atoms with Crippen molar-refractivity contribution >= 4 is 5.78 Å². The Labute approximate surface area is 113 Å². The number of ether oxygens (including phenoxy) is 1. The van der Waals surface area contributed by atoms with Crippen molar-refractivity contribution in [2.24, 2.45) is 5.73 Å². The molecule has 1 saturated heterocycles. The second kappa shape index (κ2) is 5.31. The molecule has 0 aromatic heterocycles. The highest BCUT2D eigenvalue weighted by Gasteiger charge is 2.20. The summed E-state index contributed by atoms with van der Waals surface area (Å²) in [4.78, 5) is 14.5. The maximum atomic E-state index is 12.3. The highest BCUT2D eigenvalue weighted by atomic mass is 16.5. The molecule has 4 nitrogen and oxygen atoms in total. The quantitative estimate of drug-likeness (QED) is 0.830. The number of piperidine rings is 1. The second-order valence-electron chi connectivity index (χ2n) is 5.46. The molecular formula is C15H20N2O2. The van der Waals surface area contributed by atoms with E-state index in [2.05, 4.69) is 4.90 Å². The molecule has 0 saturated carbocycles. The van der Waals surface area contributed by atoms with Crippen LogP contribution in [0.15, 0.2) is 18.2 Å². The largest absolute Gasteiger partial charge is 0.493 e. The number of fused-ring (bicyclic) bond motifs is 1. The Morgan fingerprint density at radius 1 is 1.37 bits per heavy atom. The van der Waals surface area contributed by atoms with Gasteiger partial charge in [0.15, 0.2) is 5.78 Å². The lowest BCUT2D eigenvalue weighted by Gasteiger charge is -2.29. The van der Waals surface area contributed by atoms with E-state index in [0.717, 1.165) is 55.8 Å². The van der Waals surface area contributed by atoms with E-state index in [9.17, 15) is 4.79 Å². The van der Waals surface area contributed by atoms with Crippen molar-refractivity contribution < 1.29 is 9.53 Å². The fourth-order valence-electron chi connectivity index (χ4n) is 2.77. The zero-order chi connectivity index (χ0) is 13.2. The average Bonchev–Trinajstić information content (AvgIpc) is 2.88. The van der Waals surface area contributed by atoms with Gasteiger partial charge in [-0.1, -0.05) is 0 Å². The molecule has 3 rings (SSSR count). The van der Waals surface area contributed by atoms with Gasteiger partial charge in [0.1, 0.15) is 5.75 Å². The number of ketones is 1. The lowest BCUT2D eigenvalue weighted by Crippen LogP contribution is -2.41. The van der Waals surface area contributed by atoms with Crippen LogP contribution < -0.4 is 10.5 Å². The number of nitrogens with zero attached hydrogens (tertiary/aromatic N) is 1. The fourth-order valence-corrected chi connectivity index (χ4v) is 2.77. The Morgan fingerprint density at radius 2 is 2.16 bits per heavy atom. The van der Waals surface area contributed by atoms with E-state index >= 15 is 0 Å². The smallest absolute Gasteiger partial charge is 0.176 e. The summed E-state index contributed by atoms with van der Waals surface area (Å²) in [7, 11) is 0. The number of benzene rings is 1. The second-order valence-corrected chi connectivity index (χ2v) is 5.46. The predicted molar refractivity (Wildman–Crippen MR) is 73.6 cm³/mol. The van der Waals surface area contributed by atoms with Crippen LogP contribution in [-0.4, -0.2) is 43.0 Å². The van der Waals surface area contributed by atoms with Crippen molar-refractivity contribution in [3.05, 3.63) is 29.3 Å². The number of rotatable bonds is 3. The van der Waals surface area contributed by atoms with E-state index in [1.807, 2.05) is 18.2 Å². The molecule has 0 radical (unpaired) electrons. The third kappa shape index (κ3) is 2.80. The molecule has 0 amide bonds. The van der Waals surface area contributed by atoms with Gasteiger partial charge in [-0.3, -0.25) is 9.69 Å².